The Morgan fingerprint density at radius 1 is 0.973 bits per heavy atom. The van der Waals surface area contributed by atoms with Crippen LogP contribution < -0.4 is 16.5 Å². The van der Waals surface area contributed by atoms with Gasteiger partial charge in [0.15, 0.2) is 17.0 Å². The van der Waals surface area contributed by atoms with E-state index in [1.54, 1.807) is 0 Å². The number of aromatic nitrogens is 4. The molecule has 3 fully saturated rings. The smallest absolute Gasteiger partial charge is 0.227 e. The third-order valence-electron chi connectivity index (χ3n) is 8.64. The Bertz CT molecular complexity index is 1180. The number of rotatable bonds is 7. The Kier molecular flexibility index (Phi) is 7.29. The molecule has 0 amide bonds. The summed E-state index contributed by atoms with van der Waals surface area (Å²) in [6.45, 7) is 6.07. The topological polar surface area (TPSA) is 96.9 Å². The van der Waals surface area contributed by atoms with E-state index in [9.17, 15) is 0 Å². The number of nitrogens with two attached hydrogens (primary N) is 1. The number of hydrogen-bond donors (Lipinski definition) is 3. The number of anilines is 2. The third-order valence-corrected chi connectivity index (χ3v) is 8.64. The second-order valence-corrected chi connectivity index (χ2v) is 11.5. The first-order chi connectivity index (χ1) is 18.1. The van der Waals surface area contributed by atoms with Crippen molar-refractivity contribution in [2.75, 3.05) is 23.8 Å². The van der Waals surface area contributed by atoms with Gasteiger partial charge in [0.1, 0.15) is 0 Å². The van der Waals surface area contributed by atoms with E-state index in [1.807, 2.05) is 6.33 Å². The van der Waals surface area contributed by atoms with Crippen molar-refractivity contribution < 1.29 is 0 Å². The summed E-state index contributed by atoms with van der Waals surface area (Å²) in [7, 11) is 0. The van der Waals surface area contributed by atoms with Gasteiger partial charge in [0.05, 0.1) is 6.33 Å². The maximum atomic E-state index is 6.14. The molecule has 1 aromatic carbocycles. The minimum Gasteiger partial charge on any atom is -0.351 e. The highest BCUT2D eigenvalue weighted by molar-refractivity contribution is 5.84. The average molecular weight is 502 g/mol. The monoisotopic (exact) mass is 501 g/mol. The Labute approximate surface area is 220 Å². The fraction of sp³-hybridized carbons (Fsp3) is 0.586. The van der Waals surface area contributed by atoms with E-state index in [0.29, 0.717) is 30.0 Å². The molecule has 197 valence electrons. The predicted octanol–water partition coefficient (Wildman–Crippen LogP) is 5.09. The molecule has 3 aliphatic rings. The standard InChI is InChI=1S/C29H41N8/c1-20-5-4-6-22(17-20)18-21-13-15-36(16-14-21)35-27-26-28(37(19-31-26)25-7-2-3-8-25)34-29(33-27)32-24-11-9-23(30)10-12-24/h4-6,17,19,21,23-25H,1-3,7-16,18,30H2,(H2,32,33,34,35). The lowest BCUT2D eigenvalue weighted by Crippen LogP contribution is -2.39. The highest BCUT2D eigenvalue weighted by Crippen LogP contribution is 2.34. The van der Waals surface area contributed by atoms with Gasteiger partial charge in [0.25, 0.3) is 0 Å². The Morgan fingerprint density at radius 2 is 1.76 bits per heavy atom. The zero-order valence-corrected chi connectivity index (χ0v) is 21.9. The number of benzene rings is 1. The molecular formula is C29H41N8. The minimum atomic E-state index is 0.327. The summed E-state index contributed by atoms with van der Waals surface area (Å²) < 4.78 is 2.29. The number of hydrazine groups is 1. The largest absolute Gasteiger partial charge is 0.351 e. The maximum Gasteiger partial charge on any atom is 0.227 e. The summed E-state index contributed by atoms with van der Waals surface area (Å²) in [6, 6.07) is 9.82. The van der Waals surface area contributed by atoms with Gasteiger partial charge in [-0.25, -0.2) is 9.99 Å². The van der Waals surface area contributed by atoms with Crippen molar-refractivity contribution in [1.29, 1.82) is 0 Å². The number of hydrogen-bond acceptors (Lipinski definition) is 7. The van der Waals surface area contributed by atoms with Crippen molar-refractivity contribution >= 4 is 22.9 Å². The molecule has 3 aromatic rings. The first kappa shape index (κ1) is 24.6. The highest BCUT2D eigenvalue weighted by Gasteiger charge is 2.26. The highest BCUT2D eigenvalue weighted by atomic mass is 15.5. The second kappa shape index (κ2) is 11.0. The van der Waals surface area contributed by atoms with E-state index in [1.165, 1.54) is 31.2 Å². The van der Waals surface area contributed by atoms with Crippen LogP contribution in [0, 0.1) is 12.8 Å². The number of nitrogens with zero attached hydrogens (tertiary/aromatic N) is 5. The Morgan fingerprint density at radius 3 is 2.51 bits per heavy atom. The molecule has 0 spiro atoms. The summed E-state index contributed by atoms with van der Waals surface area (Å²) >= 11 is 0. The van der Waals surface area contributed by atoms with Gasteiger partial charge in [-0.2, -0.15) is 9.97 Å². The van der Waals surface area contributed by atoms with Gasteiger partial charge >= 0.3 is 0 Å². The van der Waals surface area contributed by atoms with Crippen molar-refractivity contribution in [1.82, 2.24) is 24.5 Å². The van der Waals surface area contributed by atoms with Gasteiger partial charge in [-0.1, -0.05) is 37.1 Å². The summed E-state index contributed by atoms with van der Waals surface area (Å²) in [5, 5.41) is 5.95. The molecule has 0 atom stereocenters. The predicted molar refractivity (Wildman–Crippen MR) is 149 cm³/mol. The zero-order valence-electron chi connectivity index (χ0n) is 21.9. The summed E-state index contributed by atoms with van der Waals surface area (Å²) in [6.07, 6.45) is 14.6. The molecule has 4 N–H and O–H groups in total. The fourth-order valence-electron chi connectivity index (χ4n) is 6.44. The molecule has 1 saturated heterocycles. The number of nitrogens with one attached hydrogen (secondary N) is 2. The van der Waals surface area contributed by atoms with Crippen LogP contribution in [0.15, 0.2) is 30.6 Å². The molecule has 0 bridgehead atoms. The SMILES string of the molecule is [CH2]c1cccc(CC2CCN(Nc3nc(NC4CCC(N)CC4)nc4c3ncn4C3CCCC3)CC2)c1. The average Bonchev–Trinajstić information content (AvgIpc) is 3.57. The third kappa shape index (κ3) is 5.75. The molecule has 3 heterocycles. The van der Waals surface area contributed by atoms with Gasteiger partial charge < -0.3 is 21.0 Å². The van der Waals surface area contributed by atoms with Gasteiger partial charge in [0.2, 0.25) is 5.95 Å². The van der Waals surface area contributed by atoms with E-state index < -0.39 is 0 Å². The van der Waals surface area contributed by atoms with Gasteiger partial charge in [0, 0.05) is 31.2 Å². The van der Waals surface area contributed by atoms with E-state index in [4.69, 9.17) is 20.7 Å². The number of fused-ring (bicyclic) bond motifs is 1. The summed E-state index contributed by atoms with van der Waals surface area (Å²) in [5.74, 6) is 2.22. The van der Waals surface area contributed by atoms with Crippen molar-refractivity contribution in [3.05, 3.63) is 48.6 Å². The van der Waals surface area contributed by atoms with E-state index in [-0.39, 0.29) is 0 Å². The summed E-state index contributed by atoms with van der Waals surface area (Å²) in [4.78, 5) is 14.8. The van der Waals surface area contributed by atoms with Crippen LogP contribution >= 0.6 is 0 Å². The van der Waals surface area contributed by atoms with Crippen LogP contribution in [0.5, 0.6) is 0 Å². The molecule has 6 rings (SSSR count). The van der Waals surface area contributed by atoms with Crippen LogP contribution in [0.2, 0.25) is 0 Å². The molecule has 8 heteroatoms. The van der Waals surface area contributed by atoms with Crippen LogP contribution in [0.4, 0.5) is 11.8 Å². The molecule has 1 aliphatic heterocycles. The lowest BCUT2D eigenvalue weighted by atomic mass is 9.90. The van der Waals surface area contributed by atoms with Crippen LogP contribution in [0.25, 0.3) is 11.2 Å². The molecule has 1 radical (unpaired) electrons. The normalized spacial score (nSPS) is 24.1. The number of piperidine rings is 1. The van der Waals surface area contributed by atoms with Crippen LogP contribution in [-0.2, 0) is 6.42 Å². The van der Waals surface area contributed by atoms with E-state index in [0.717, 1.165) is 80.6 Å². The van der Waals surface area contributed by atoms with Crippen LogP contribution in [0.1, 0.15) is 81.4 Å². The molecule has 8 nitrogen and oxygen atoms in total. The molecule has 2 saturated carbocycles. The van der Waals surface area contributed by atoms with Gasteiger partial charge in [-0.05, 0) is 81.8 Å². The molecular weight excluding hydrogens is 460 g/mol. The van der Waals surface area contributed by atoms with Crippen LogP contribution in [-0.4, -0.2) is 49.7 Å². The molecule has 2 aromatic heterocycles. The van der Waals surface area contributed by atoms with Gasteiger partial charge in [-0.15, -0.1) is 0 Å². The van der Waals surface area contributed by atoms with E-state index >= 15 is 0 Å². The van der Waals surface area contributed by atoms with Crippen molar-refractivity contribution in [2.45, 2.75) is 88.8 Å². The quantitative estimate of drug-likeness (QED) is 0.415. The fourth-order valence-corrected chi connectivity index (χ4v) is 6.44. The lowest BCUT2D eigenvalue weighted by molar-refractivity contribution is 0.216. The molecule has 0 unspecified atom stereocenters. The minimum absolute atomic E-state index is 0.327. The second-order valence-electron chi connectivity index (χ2n) is 11.5. The Balaban J connectivity index is 1.18. The maximum absolute atomic E-state index is 6.14. The molecule has 37 heavy (non-hydrogen) atoms. The van der Waals surface area contributed by atoms with Crippen molar-refractivity contribution in [3.8, 4) is 0 Å². The lowest BCUT2D eigenvalue weighted by Gasteiger charge is -2.32. The first-order valence-electron chi connectivity index (χ1n) is 14.3. The first-order valence-corrected chi connectivity index (χ1v) is 14.3. The van der Waals surface area contributed by atoms with Gasteiger partial charge in [-0.3, -0.25) is 0 Å². The van der Waals surface area contributed by atoms with E-state index in [2.05, 4.69) is 51.5 Å². The summed E-state index contributed by atoms with van der Waals surface area (Å²) in [5.41, 5.74) is 14.1. The zero-order chi connectivity index (χ0) is 25.2. The van der Waals surface area contributed by atoms with Crippen molar-refractivity contribution in [3.63, 3.8) is 0 Å². The molecule has 2 aliphatic carbocycles. The number of imidazole rings is 1. The van der Waals surface area contributed by atoms with Crippen LogP contribution in [0.3, 0.4) is 0 Å². The van der Waals surface area contributed by atoms with Crippen molar-refractivity contribution in [2.24, 2.45) is 11.7 Å². The Hall–Kier alpha value is -2.71.